The molecule has 2 unspecified atom stereocenters. The van der Waals surface area contributed by atoms with Gasteiger partial charge in [0.1, 0.15) is 0 Å². The van der Waals surface area contributed by atoms with Crippen molar-refractivity contribution in [3.8, 4) is 0 Å². The van der Waals surface area contributed by atoms with Crippen LogP contribution in [0.3, 0.4) is 0 Å². The summed E-state index contributed by atoms with van der Waals surface area (Å²) >= 11 is 1.87. The van der Waals surface area contributed by atoms with E-state index in [0.29, 0.717) is 0 Å². The van der Waals surface area contributed by atoms with Gasteiger partial charge in [-0.25, -0.2) is 0 Å². The minimum atomic E-state index is 0.206. The smallest absolute Gasteiger partial charge is 0.283 e. The van der Waals surface area contributed by atoms with Crippen molar-refractivity contribution in [3.05, 3.63) is 0 Å². The fraction of sp³-hybridized carbons (Fsp3) is 0.857. The van der Waals surface area contributed by atoms with Gasteiger partial charge in [0.05, 0.1) is 0 Å². The number of fused-ring (bicyclic) bond motifs is 1. The van der Waals surface area contributed by atoms with E-state index in [1.165, 1.54) is 0 Å². The Labute approximate surface area is 79.7 Å². The summed E-state index contributed by atoms with van der Waals surface area (Å²) in [4.78, 5) is 12.9. The molecule has 0 aromatic carbocycles. The molecule has 2 rings (SSSR count). The largest absolute Gasteiger partial charge is 0.333 e. The molecule has 0 saturated carbocycles. The molecule has 3 nitrogen and oxygen atoms in total. The number of likely N-dealkylation sites (tertiary alicyclic amines) is 1. The van der Waals surface area contributed by atoms with E-state index in [0.717, 1.165) is 38.0 Å². The second-order valence-electron chi connectivity index (χ2n) is 3.34. The fourth-order valence-electron chi connectivity index (χ4n) is 2.00. The first-order chi connectivity index (χ1) is 5.27. The lowest BCUT2D eigenvalue weighted by Crippen LogP contribution is -2.27. The van der Waals surface area contributed by atoms with Gasteiger partial charge in [0.25, 0.3) is 3.91 Å². The molecule has 2 aliphatic rings. The molecule has 0 bridgehead atoms. The number of nitrogens with one attached hydrogen (secondary N) is 1. The van der Waals surface area contributed by atoms with Gasteiger partial charge in [-0.05, 0) is 11.8 Å². The highest BCUT2D eigenvalue weighted by molar-refractivity contribution is 14.1. The Morgan fingerprint density at radius 3 is 2.36 bits per heavy atom. The van der Waals surface area contributed by atoms with Crippen molar-refractivity contribution in [1.82, 2.24) is 10.2 Å². The molecule has 62 valence electrons. The lowest BCUT2D eigenvalue weighted by molar-refractivity contribution is 0.233. The van der Waals surface area contributed by atoms with E-state index >= 15 is 0 Å². The highest BCUT2D eigenvalue weighted by atomic mass is 127. The lowest BCUT2D eigenvalue weighted by Gasteiger charge is -2.12. The predicted octanol–water partition coefficient (Wildman–Crippen LogP) is 0.693. The van der Waals surface area contributed by atoms with Crippen LogP contribution in [0.5, 0.6) is 0 Å². The van der Waals surface area contributed by atoms with Crippen LogP contribution in [-0.2, 0) is 0 Å². The lowest BCUT2D eigenvalue weighted by atomic mass is 10.0. The Morgan fingerprint density at radius 1 is 1.36 bits per heavy atom. The first-order valence-corrected chi connectivity index (χ1v) is 5.00. The third-order valence-electron chi connectivity index (χ3n) is 2.64. The number of amides is 1. The number of halogens is 1. The van der Waals surface area contributed by atoms with E-state index in [4.69, 9.17) is 0 Å². The highest BCUT2D eigenvalue weighted by Crippen LogP contribution is 2.27. The van der Waals surface area contributed by atoms with Crippen LogP contribution in [0.15, 0.2) is 0 Å². The van der Waals surface area contributed by atoms with Crippen molar-refractivity contribution in [2.24, 2.45) is 11.8 Å². The molecule has 2 atom stereocenters. The molecule has 0 radical (unpaired) electrons. The number of hydrogen-bond acceptors (Lipinski definition) is 2. The van der Waals surface area contributed by atoms with Gasteiger partial charge >= 0.3 is 0 Å². The van der Waals surface area contributed by atoms with E-state index in [9.17, 15) is 4.79 Å². The SMILES string of the molecule is O=C(I)N1CC2CNCC2C1. The molecular weight excluding hydrogens is 255 g/mol. The summed E-state index contributed by atoms with van der Waals surface area (Å²) in [5, 5.41) is 3.34. The zero-order valence-corrected chi connectivity index (χ0v) is 8.37. The Hall–Kier alpha value is 0.160. The maximum Gasteiger partial charge on any atom is 0.283 e. The summed E-state index contributed by atoms with van der Waals surface area (Å²) in [5.41, 5.74) is 0. The quantitative estimate of drug-likeness (QED) is 0.397. The zero-order valence-electron chi connectivity index (χ0n) is 6.22. The molecule has 0 spiro atoms. The summed E-state index contributed by atoms with van der Waals surface area (Å²) in [6.45, 7) is 4.15. The Balaban J connectivity index is 1.99. The van der Waals surface area contributed by atoms with Crippen LogP contribution in [0.4, 0.5) is 4.79 Å². The molecule has 2 saturated heterocycles. The Kier molecular flexibility index (Phi) is 2.05. The summed E-state index contributed by atoms with van der Waals surface area (Å²) in [7, 11) is 0. The monoisotopic (exact) mass is 266 g/mol. The molecule has 2 fully saturated rings. The van der Waals surface area contributed by atoms with E-state index in [1.807, 2.05) is 27.5 Å². The minimum Gasteiger partial charge on any atom is -0.333 e. The molecule has 2 heterocycles. The summed E-state index contributed by atoms with van der Waals surface area (Å²) in [5.74, 6) is 1.46. The standard InChI is InChI=1S/C7H11IN2O/c8-7(11)10-3-5-1-9-2-6(5)4-10/h5-6,9H,1-4H2. The van der Waals surface area contributed by atoms with Crippen LogP contribution in [0.2, 0.25) is 0 Å². The molecule has 4 heteroatoms. The van der Waals surface area contributed by atoms with Crippen LogP contribution < -0.4 is 5.32 Å². The number of carbonyl (C=O) groups is 1. The molecular formula is C7H11IN2O. The minimum absolute atomic E-state index is 0.206. The summed E-state index contributed by atoms with van der Waals surface area (Å²) < 4.78 is 0.206. The maximum absolute atomic E-state index is 11.0. The third kappa shape index (κ3) is 1.38. The van der Waals surface area contributed by atoms with Gasteiger partial charge in [-0.15, -0.1) is 0 Å². The van der Waals surface area contributed by atoms with Crippen molar-refractivity contribution in [3.63, 3.8) is 0 Å². The first kappa shape index (κ1) is 7.79. The zero-order chi connectivity index (χ0) is 7.84. The average Bonchev–Trinajstić information content (AvgIpc) is 2.40. The second-order valence-corrected chi connectivity index (χ2v) is 4.26. The normalized spacial score (nSPS) is 35.9. The van der Waals surface area contributed by atoms with Crippen LogP contribution in [0, 0.1) is 11.8 Å². The molecule has 0 aromatic heterocycles. The van der Waals surface area contributed by atoms with E-state index < -0.39 is 0 Å². The van der Waals surface area contributed by atoms with E-state index in [-0.39, 0.29) is 3.91 Å². The van der Waals surface area contributed by atoms with Crippen molar-refractivity contribution < 1.29 is 4.79 Å². The number of nitrogens with zero attached hydrogens (tertiary/aromatic N) is 1. The van der Waals surface area contributed by atoms with Crippen molar-refractivity contribution >= 4 is 26.5 Å². The van der Waals surface area contributed by atoms with Gasteiger partial charge in [-0.3, -0.25) is 4.79 Å². The van der Waals surface area contributed by atoms with Gasteiger partial charge in [0.2, 0.25) is 0 Å². The van der Waals surface area contributed by atoms with E-state index in [2.05, 4.69) is 5.32 Å². The number of rotatable bonds is 0. The van der Waals surface area contributed by atoms with Crippen molar-refractivity contribution in [2.45, 2.75) is 0 Å². The fourth-order valence-corrected chi connectivity index (χ4v) is 2.39. The highest BCUT2D eigenvalue weighted by Gasteiger charge is 2.37. The first-order valence-electron chi connectivity index (χ1n) is 3.92. The second kappa shape index (κ2) is 2.90. The molecule has 2 aliphatic heterocycles. The topological polar surface area (TPSA) is 32.3 Å². The summed E-state index contributed by atoms with van der Waals surface area (Å²) in [6.07, 6.45) is 0. The number of carbonyl (C=O) groups excluding carboxylic acids is 1. The van der Waals surface area contributed by atoms with Crippen LogP contribution >= 0.6 is 22.6 Å². The van der Waals surface area contributed by atoms with Crippen molar-refractivity contribution in [2.75, 3.05) is 26.2 Å². The van der Waals surface area contributed by atoms with Gasteiger partial charge in [0, 0.05) is 48.8 Å². The Morgan fingerprint density at radius 2 is 1.91 bits per heavy atom. The molecule has 1 N–H and O–H groups in total. The molecule has 0 aromatic rings. The van der Waals surface area contributed by atoms with Crippen LogP contribution in [-0.4, -0.2) is 35.0 Å². The third-order valence-corrected chi connectivity index (χ3v) is 3.32. The van der Waals surface area contributed by atoms with Gasteiger partial charge < -0.3 is 10.2 Å². The van der Waals surface area contributed by atoms with Gasteiger partial charge in [-0.2, -0.15) is 0 Å². The maximum atomic E-state index is 11.0. The average molecular weight is 266 g/mol. The number of hydrogen-bond donors (Lipinski definition) is 1. The van der Waals surface area contributed by atoms with Gasteiger partial charge in [0.15, 0.2) is 0 Å². The molecule has 0 aliphatic carbocycles. The Bertz CT molecular complexity index is 173. The molecule has 1 amide bonds. The van der Waals surface area contributed by atoms with Gasteiger partial charge in [-0.1, -0.05) is 0 Å². The molecule has 11 heavy (non-hydrogen) atoms. The van der Waals surface area contributed by atoms with E-state index in [1.54, 1.807) is 0 Å². The van der Waals surface area contributed by atoms with Crippen molar-refractivity contribution in [1.29, 1.82) is 0 Å². The van der Waals surface area contributed by atoms with Crippen LogP contribution in [0.25, 0.3) is 0 Å². The predicted molar refractivity (Wildman–Crippen MR) is 50.8 cm³/mol. The summed E-state index contributed by atoms with van der Waals surface area (Å²) in [6, 6.07) is 0. The van der Waals surface area contributed by atoms with Crippen LogP contribution in [0.1, 0.15) is 0 Å².